The third-order valence-corrected chi connectivity index (χ3v) is 4.13. The molecule has 0 aliphatic rings. The first-order valence-electron chi connectivity index (χ1n) is 7.34. The van der Waals surface area contributed by atoms with E-state index in [2.05, 4.69) is 22.1 Å². The molecule has 114 valence electrons. The molecule has 3 aromatic heterocycles. The van der Waals surface area contributed by atoms with E-state index in [-0.39, 0.29) is 6.61 Å². The standard InChI is InChI=1S/C18H14ClN3O/c19-14-9-13-7-12(4-5-15(13)20-10-14)8-16-17-3-1-2-6-22(17)18(11-23)21-16/h1-7,9-10,23H,8,11H2. The summed E-state index contributed by atoms with van der Waals surface area (Å²) in [5, 5.41) is 11.1. The van der Waals surface area contributed by atoms with Crippen LogP contribution in [0.5, 0.6) is 0 Å². The van der Waals surface area contributed by atoms with Gasteiger partial charge in [0.15, 0.2) is 0 Å². The number of aromatic nitrogens is 3. The van der Waals surface area contributed by atoms with Crippen molar-refractivity contribution in [3.05, 3.63) is 77.0 Å². The molecule has 0 amide bonds. The number of hydrogen-bond donors (Lipinski definition) is 1. The number of hydrogen-bond acceptors (Lipinski definition) is 3. The van der Waals surface area contributed by atoms with Crippen LogP contribution in [0.4, 0.5) is 0 Å². The topological polar surface area (TPSA) is 50.4 Å². The fraction of sp³-hybridized carbons (Fsp3) is 0.111. The number of imidazole rings is 1. The number of benzene rings is 1. The summed E-state index contributed by atoms with van der Waals surface area (Å²) in [6.07, 6.45) is 4.26. The van der Waals surface area contributed by atoms with Gasteiger partial charge >= 0.3 is 0 Å². The van der Waals surface area contributed by atoms with Gasteiger partial charge < -0.3 is 9.51 Å². The molecule has 3 heterocycles. The van der Waals surface area contributed by atoms with Crippen LogP contribution in [0.1, 0.15) is 17.1 Å². The van der Waals surface area contributed by atoms with Crippen molar-refractivity contribution >= 4 is 28.0 Å². The Morgan fingerprint density at radius 3 is 2.91 bits per heavy atom. The van der Waals surface area contributed by atoms with E-state index in [1.807, 2.05) is 40.9 Å². The van der Waals surface area contributed by atoms with Crippen LogP contribution in [0.2, 0.25) is 5.02 Å². The highest BCUT2D eigenvalue weighted by Gasteiger charge is 2.10. The van der Waals surface area contributed by atoms with Gasteiger partial charge in [0.1, 0.15) is 12.4 Å². The molecule has 0 aliphatic carbocycles. The Morgan fingerprint density at radius 1 is 1.13 bits per heavy atom. The average molecular weight is 324 g/mol. The summed E-state index contributed by atoms with van der Waals surface area (Å²) in [4.78, 5) is 8.88. The second-order valence-corrected chi connectivity index (χ2v) is 5.88. The van der Waals surface area contributed by atoms with Crippen molar-refractivity contribution in [1.82, 2.24) is 14.4 Å². The summed E-state index contributed by atoms with van der Waals surface area (Å²) in [5.41, 5.74) is 4.02. The van der Waals surface area contributed by atoms with E-state index in [0.717, 1.165) is 27.7 Å². The number of aliphatic hydroxyl groups excluding tert-OH is 1. The Hall–Kier alpha value is -2.43. The fourth-order valence-electron chi connectivity index (χ4n) is 2.87. The molecule has 0 bridgehead atoms. The van der Waals surface area contributed by atoms with E-state index in [1.54, 1.807) is 6.20 Å². The van der Waals surface area contributed by atoms with Gasteiger partial charge in [-0.15, -0.1) is 0 Å². The predicted octanol–water partition coefficient (Wildman–Crippen LogP) is 3.62. The van der Waals surface area contributed by atoms with E-state index >= 15 is 0 Å². The van der Waals surface area contributed by atoms with Crippen molar-refractivity contribution in [3.63, 3.8) is 0 Å². The number of pyridine rings is 2. The summed E-state index contributed by atoms with van der Waals surface area (Å²) < 4.78 is 1.93. The van der Waals surface area contributed by atoms with Crippen LogP contribution in [0.25, 0.3) is 16.4 Å². The highest BCUT2D eigenvalue weighted by atomic mass is 35.5. The third-order valence-electron chi connectivity index (χ3n) is 3.92. The van der Waals surface area contributed by atoms with E-state index in [9.17, 15) is 5.11 Å². The highest BCUT2D eigenvalue weighted by Crippen LogP contribution is 2.22. The number of rotatable bonds is 3. The fourth-order valence-corrected chi connectivity index (χ4v) is 3.04. The Bertz CT molecular complexity index is 1010. The van der Waals surface area contributed by atoms with Crippen molar-refractivity contribution in [2.75, 3.05) is 0 Å². The maximum absolute atomic E-state index is 9.48. The second kappa shape index (κ2) is 5.65. The van der Waals surface area contributed by atoms with Crippen molar-refractivity contribution in [2.24, 2.45) is 0 Å². The molecule has 4 rings (SSSR count). The summed E-state index contributed by atoms with van der Waals surface area (Å²) in [5.74, 6) is 0.654. The van der Waals surface area contributed by atoms with Gasteiger partial charge in [0.05, 0.1) is 21.7 Å². The zero-order valence-electron chi connectivity index (χ0n) is 12.3. The quantitative estimate of drug-likeness (QED) is 0.626. The van der Waals surface area contributed by atoms with Crippen LogP contribution in [0.15, 0.2) is 54.9 Å². The third kappa shape index (κ3) is 2.56. The average Bonchev–Trinajstić information content (AvgIpc) is 2.92. The summed E-state index contributed by atoms with van der Waals surface area (Å²) in [7, 11) is 0. The van der Waals surface area contributed by atoms with Crippen molar-refractivity contribution in [3.8, 4) is 0 Å². The van der Waals surface area contributed by atoms with E-state index in [4.69, 9.17) is 11.6 Å². The van der Waals surface area contributed by atoms with Crippen LogP contribution < -0.4 is 0 Å². The maximum atomic E-state index is 9.48. The van der Waals surface area contributed by atoms with Gasteiger partial charge in [0.2, 0.25) is 0 Å². The minimum absolute atomic E-state index is 0.0809. The number of halogens is 1. The predicted molar refractivity (Wildman–Crippen MR) is 90.7 cm³/mol. The van der Waals surface area contributed by atoms with Gasteiger partial charge in [-0.25, -0.2) is 4.98 Å². The molecule has 0 atom stereocenters. The lowest BCUT2D eigenvalue weighted by molar-refractivity contribution is 0.270. The summed E-state index contributed by atoms with van der Waals surface area (Å²) >= 11 is 6.03. The van der Waals surface area contributed by atoms with Crippen LogP contribution in [-0.2, 0) is 13.0 Å². The molecule has 1 N–H and O–H groups in total. The monoisotopic (exact) mass is 323 g/mol. The molecule has 1 aromatic carbocycles. The van der Waals surface area contributed by atoms with Gasteiger partial charge in [-0.3, -0.25) is 4.98 Å². The molecular weight excluding hydrogens is 310 g/mol. The molecule has 0 aliphatic heterocycles. The minimum Gasteiger partial charge on any atom is -0.388 e. The first-order valence-corrected chi connectivity index (χ1v) is 7.72. The van der Waals surface area contributed by atoms with Gasteiger partial charge in [-0.05, 0) is 35.9 Å². The normalized spacial score (nSPS) is 11.4. The zero-order valence-corrected chi connectivity index (χ0v) is 13.0. The molecule has 5 heteroatoms. The highest BCUT2D eigenvalue weighted by molar-refractivity contribution is 6.31. The molecule has 0 fully saturated rings. The van der Waals surface area contributed by atoms with E-state index in [1.165, 1.54) is 0 Å². The maximum Gasteiger partial charge on any atom is 0.139 e. The molecule has 23 heavy (non-hydrogen) atoms. The minimum atomic E-state index is -0.0809. The van der Waals surface area contributed by atoms with Crippen LogP contribution in [0, 0.1) is 0 Å². The molecule has 0 unspecified atom stereocenters. The Labute approximate surface area is 138 Å². The molecule has 4 aromatic rings. The first kappa shape index (κ1) is 14.2. The lowest BCUT2D eigenvalue weighted by Crippen LogP contribution is -1.92. The Morgan fingerprint density at radius 2 is 2.04 bits per heavy atom. The molecule has 0 saturated heterocycles. The lowest BCUT2D eigenvalue weighted by Gasteiger charge is -2.03. The molecular formula is C18H14ClN3O. The summed E-state index contributed by atoms with van der Waals surface area (Å²) in [6.45, 7) is -0.0809. The SMILES string of the molecule is OCc1nc(Cc2ccc3ncc(Cl)cc3c2)c2ccccn12. The smallest absolute Gasteiger partial charge is 0.139 e. The second-order valence-electron chi connectivity index (χ2n) is 5.45. The number of nitrogens with zero attached hydrogens (tertiary/aromatic N) is 3. The van der Waals surface area contributed by atoms with Crippen LogP contribution in [0.3, 0.4) is 0 Å². The van der Waals surface area contributed by atoms with Crippen molar-refractivity contribution < 1.29 is 5.11 Å². The molecule has 0 radical (unpaired) electrons. The Kier molecular flexibility index (Phi) is 3.48. The first-order chi connectivity index (χ1) is 11.2. The van der Waals surface area contributed by atoms with Gasteiger partial charge in [-0.2, -0.15) is 0 Å². The largest absolute Gasteiger partial charge is 0.388 e. The number of aliphatic hydroxyl groups is 1. The van der Waals surface area contributed by atoms with Gasteiger partial charge in [-0.1, -0.05) is 23.7 Å². The molecule has 0 saturated carbocycles. The molecule has 4 nitrogen and oxygen atoms in total. The van der Waals surface area contributed by atoms with Gasteiger partial charge in [0, 0.05) is 24.2 Å². The van der Waals surface area contributed by atoms with E-state index in [0.29, 0.717) is 17.3 Å². The van der Waals surface area contributed by atoms with E-state index < -0.39 is 0 Å². The lowest BCUT2D eigenvalue weighted by atomic mass is 10.1. The van der Waals surface area contributed by atoms with Gasteiger partial charge in [0.25, 0.3) is 0 Å². The molecule has 0 spiro atoms. The number of fused-ring (bicyclic) bond motifs is 2. The van der Waals surface area contributed by atoms with Crippen LogP contribution in [-0.4, -0.2) is 19.5 Å². The Balaban J connectivity index is 1.78. The summed E-state index contributed by atoms with van der Waals surface area (Å²) in [6, 6.07) is 14.0. The van der Waals surface area contributed by atoms with Crippen molar-refractivity contribution in [2.45, 2.75) is 13.0 Å². The van der Waals surface area contributed by atoms with Crippen LogP contribution >= 0.6 is 11.6 Å². The zero-order chi connectivity index (χ0) is 15.8. The van der Waals surface area contributed by atoms with Crippen molar-refractivity contribution in [1.29, 1.82) is 0 Å².